The van der Waals surface area contributed by atoms with Gasteiger partial charge in [-0.15, -0.1) is 0 Å². The van der Waals surface area contributed by atoms with Crippen molar-refractivity contribution in [3.63, 3.8) is 0 Å². The van der Waals surface area contributed by atoms with Gasteiger partial charge in [0.1, 0.15) is 11.5 Å². The maximum atomic E-state index is 12.5. The summed E-state index contributed by atoms with van der Waals surface area (Å²) >= 11 is 0. The molecule has 25 heavy (non-hydrogen) atoms. The van der Waals surface area contributed by atoms with E-state index in [0.29, 0.717) is 18.1 Å². The summed E-state index contributed by atoms with van der Waals surface area (Å²) < 4.78 is 3.03. The highest BCUT2D eigenvalue weighted by Gasteiger charge is 2.15. The normalized spacial score (nSPS) is 11.2. The maximum Gasteiger partial charge on any atom is 0.298 e. The highest BCUT2D eigenvalue weighted by atomic mass is 16.2. The highest BCUT2D eigenvalue weighted by molar-refractivity contribution is 5.91. The monoisotopic (exact) mass is 343 g/mol. The number of nitrogens with zero attached hydrogens (tertiary/aromatic N) is 5. The molecule has 0 radical (unpaired) electrons. The predicted octanol–water partition coefficient (Wildman–Crippen LogP) is 1.18. The van der Waals surface area contributed by atoms with Gasteiger partial charge in [-0.25, -0.2) is 4.98 Å². The van der Waals surface area contributed by atoms with Crippen molar-refractivity contribution in [3.8, 4) is 0 Å². The minimum atomic E-state index is -0.376. The summed E-state index contributed by atoms with van der Waals surface area (Å²) in [7, 11) is 0. The first-order valence-corrected chi connectivity index (χ1v) is 8.04. The molecule has 0 saturated carbocycles. The second-order valence-corrected chi connectivity index (χ2v) is 6.14. The number of H-pyrrole nitrogens is 1. The lowest BCUT2D eigenvalue weighted by molar-refractivity contribution is -0.116. The summed E-state index contributed by atoms with van der Waals surface area (Å²) in [6.07, 6.45) is 0.213. The fourth-order valence-corrected chi connectivity index (χ4v) is 2.68. The van der Waals surface area contributed by atoms with E-state index < -0.39 is 0 Å². The van der Waals surface area contributed by atoms with Crippen molar-refractivity contribution in [3.05, 3.63) is 38.8 Å². The number of rotatable bonds is 4. The Morgan fingerprint density at radius 2 is 1.84 bits per heavy atom. The minimum Gasteiger partial charge on any atom is -0.320 e. The number of carbonyl (C=O) groups excluding carboxylic acids is 1. The largest absolute Gasteiger partial charge is 0.320 e. The van der Waals surface area contributed by atoms with Gasteiger partial charge in [0.2, 0.25) is 5.91 Å². The second-order valence-electron chi connectivity index (χ2n) is 6.14. The number of hydrogen-bond acceptors (Lipinski definition) is 5. The number of nitrogens with one attached hydrogen (secondary N) is 2. The Balaban J connectivity index is 1.78. The van der Waals surface area contributed by atoms with Crippen LogP contribution in [0.5, 0.6) is 0 Å². The van der Waals surface area contributed by atoms with E-state index in [1.54, 1.807) is 13.8 Å². The third kappa shape index (κ3) is 3.04. The van der Waals surface area contributed by atoms with E-state index in [1.807, 2.05) is 25.5 Å². The first-order chi connectivity index (χ1) is 11.8. The number of amides is 1. The Hall–Kier alpha value is -2.97. The zero-order valence-corrected chi connectivity index (χ0v) is 15.0. The van der Waals surface area contributed by atoms with Crippen LogP contribution in [0.3, 0.4) is 0 Å². The summed E-state index contributed by atoms with van der Waals surface area (Å²) in [5.74, 6) is 0.604. The van der Waals surface area contributed by atoms with Gasteiger partial charge in [-0.1, -0.05) is 0 Å². The van der Waals surface area contributed by atoms with Crippen LogP contribution in [0.2, 0.25) is 0 Å². The number of carbonyl (C=O) groups is 1. The molecular formula is C16H21N7O2. The van der Waals surface area contributed by atoms with Gasteiger partial charge in [0, 0.05) is 18.7 Å². The molecule has 0 aliphatic heterocycles. The molecule has 132 valence electrons. The lowest BCUT2D eigenvalue weighted by atomic mass is 10.2. The van der Waals surface area contributed by atoms with E-state index in [1.165, 1.54) is 4.52 Å². The van der Waals surface area contributed by atoms with Crippen LogP contribution in [-0.2, 0) is 11.3 Å². The number of aromatic nitrogens is 6. The van der Waals surface area contributed by atoms with Crippen LogP contribution in [0.4, 0.5) is 5.69 Å². The van der Waals surface area contributed by atoms with Crippen LogP contribution in [0, 0.1) is 34.6 Å². The van der Waals surface area contributed by atoms with Crippen LogP contribution in [0.15, 0.2) is 4.79 Å². The van der Waals surface area contributed by atoms with Crippen LogP contribution in [0.25, 0.3) is 5.78 Å². The van der Waals surface area contributed by atoms with Gasteiger partial charge in [0.25, 0.3) is 11.3 Å². The summed E-state index contributed by atoms with van der Waals surface area (Å²) in [4.78, 5) is 33.1. The molecule has 0 saturated heterocycles. The Kier molecular flexibility index (Phi) is 4.15. The number of aromatic amines is 1. The maximum absolute atomic E-state index is 12.5. The Labute approximate surface area is 144 Å². The van der Waals surface area contributed by atoms with Gasteiger partial charge < -0.3 is 5.32 Å². The molecule has 9 nitrogen and oxygen atoms in total. The van der Waals surface area contributed by atoms with Crippen molar-refractivity contribution in [2.45, 2.75) is 47.6 Å². The smallest absolute Gasteiger partial charge is 0.298 e. The number of fused-ring (bicyclic) bond motifs is 1. The average molecular weight is 343 g/mol. The number of aryl methyl sites for hydroxylation is 4. The average Bonchev–Trinajstić information content (AvgIpc) is 3.04. The quantitative estimate of drug-likeness (QED) is 0.739. The van der Waals surface area contributed by atoms with Gasteiger partial charge >= 0.3 is 0 Å². The van der Waals surface area contributed by atoms with Gasteiger partial charge in [-0.05, 0) is 40.2 Å². The second kappa shape index (κ2) is 6.15. The first kappa shape index (κ1) is 16.9. The Morgan fingerprint density at radius 1 is 1.12 bits per heavy atom. The number of anilines is 1. The first-order valence-electron chi connectivity index (χ1n) is 8.04. The molecule has 9 heteroatoms. The molecule has 2 N–H and O–H groups in total. The van der Waals surface area contributed by atoms with Crippen LogP contribution in [-0.4, -0.2) is 35.3 Å². The molecule has 3 aromatic heterocycles. The zero-order valence-electron chi connectivity index (χ0n) is 15.0. The zero-order chi connectivity index (χ0) is 18.3. The van der Waals surface area contributed by atoms with Crippen LogP contribution in [0.1, 0.15) is 34.9 Å². The molecule has 0 spiro atoms. The topological polar surface area (TPSA) is 110 Å². The third-order valence-corrected chi connectivity index (χ3v) is 4.35. The summed E-state index contributed by atoms with van der Waals surface area (Å²) in [6, 6.07) is 0. The molecule has 3 aromatic rings. The molecule has 0 aliphatic carbocycles. The molecule has 0 aliphatic rings. The molecule has 3 heterocycles. The molecule has 0 fully saturated rings. The lowest BCUT2D eigenvalue weighted by Gasteiger charge is -2.08. The Bertz CT molecular complexity index is 1030. The van der Waals surface area contributed by atoms with Crippen molar-refractivity contribution >= 4 is 17.4 Å². The molecular weight excluding hydrogens is 322 g/mol. The standard InChI is InChI=1S/C16H21N7O2/c1-8-9(2)20-22(11(8)4)7-6-13(24)19-14-10(3)17-16-18-12(5)21-23(16)15(14)25/h6-7H2,1-5H3,(H,19,24)(H,17,18,21). The summed E-state index contributed by atoms with van der Waals surface area (Å²) in [6.45, 7) is 9.78. The van der Waals surface area contributed by atoms with Crippen molar-refractivity contribution in [1.82, 2.24) is 29.4 Å². The summed E-state index contributed by atoms with van der Waals surface area (Å²) in [5.41, 5.74) is 3.34. The van der Waals surface area contributed by atoms with Crippen molar-refractivity contribution in [2.75, 3.05) is 5.32 Å². The number of hydrogen-bond donors (Lipinski definition) is 2. The van der Waals surface area contributed by atoms with E-state index >= 15 is 0 Å². The van der Waals surface area contributed by atoms with Crippen molar-refractivity contribution in [1.29, 1.82) is 0 Å². The van der Waals surface area contributed by atoms with Crippen LogP contribution < -0.4 is 10.9 Å². The van der Waals surface area contributed by atoms with Gasteiger partial charge in [0.15, 0.2) is 0 Å². The van der Waals surface area contributed by atoms with E-state index in [-0.39, 0.29) is 29.4 Å². The predicted molar refractivity (Wildman–Crippen MR) is 92.8 cm³/mol. The van der Waals surface area contributed by atoms with Crippen molar-refractivity contribution < 1.29 is 4.79 Å². The molecule has 3 rings (SSSR count). The highest BCUT2D eigenvalue weighted by Crippen LogP contribution is 2.12. The van der Waals surface area contributed by atoms with E-state index in [0.717, 1.165) is 17.0 Å². The molecule has 0 atom stereocenters. The SMILES string of the molecule is Cc1nc2nc(C)c(NC(=O)CCn3nc(C)c(C)c3C)c(=O)n2[nH]1. The van der Waals surface area contributed by atoms with E-state index in [9.17, 15) is 9.59 Å². The van der Waals surface area contributed by atoms with E-state index in [4.69, 9.17) is 0 Å². The third-order valence-electron chi connectivity index (χ3n) is 4.35. The molecule has 0 unspecified atom stereocenters. The fourth-order valence-electron chi connectivity index (χ4n) is 2.68. The van der Waals surface area contributed by atoms with E-state index in [2.05, 4.69) is 25.5 Å². The van der Waals surface area contributed by atoms with Gasteiger partial charge in [-0.3, -0.25) is 19.4 Å². The molecule has 1 amide bonds. The fraction of sp³-hybridized carbons (Fsp3) is 0.438. The minimum absolute atomic E-state index is 0.163. The van der Waals surface area contributed by atoms with Gasteiger partial charge in [-0.2, -0.15) is 14.6 Å². The molecule has 0 aromatic carbocycles. The Morgan fingerprint density at radius 3 is 2.48 bits per heavy atom. The lowest BCUT2D eigenvalue weighted by Crippen LogP contribution is -2.26. The van der Waals surface area contributed by atoms with Gasteiger partial charge in [0.05, 0.1) is 11.4 Å². The summed E-state index contributed by atoms with van der Waals surface area (Å²) in [5, 5.41) is 9.89. The van der Waals surface area contributed by atoms with Crippen molar-refractivity contribution in [2.24, 2.45) is 0 Å². The van der Waals surface area contributed by atoms with Crippen LogP contribution >= 0.6 is 0 Å². The molecule has 0 bridgehead atoms.